The van der Waals surface area contributed by atoms with Crippen LogP contribution in [0.3, 0.4) is 0 Å². The molecule has 2 aromatic heterocycles. The normalized spacial score (nSPS) is 16.3. The number of piperazine rings is 1. The van der Waals surface area contributed by atoms with Gasteiger partial charge in [-0.25, -0.2) is 15.0 Å². The summed E-state index contributed by atoms with van der Waals surface area (Å²) >= 11 is 0. The lowest BCUT2D eigenvalue weighted by Gasteiger charge is -2.32. The first-order valence-electron chi connectivity index (χ1n) is 14.3. The maximum absolute atomic E-state index is 13.5. The van der Waals surface area contributed by atoms with Gasteiger partial charge in [0.1, 0.15) is 11.3 Å². The Labute approximate surface area is 239 Å². The van der Waals surface area contributed by atoms with Crippen LogP contribution in [0.4, 0.5) is 17.3 Å². The van der Waals surface area contributed by atoms with E-state index in [0.29, 0.717) is 23.1 Å². The van der Waals surface area contributed by atoms with Crippen molar-refractivity contribution >= 4 is 45.2 Å². The highest BCUT2D eigenvalue weighted by Gasteiger charge is 2.27. The van der Waals surface area contributed by atoms with Gasteiger partial charge in [-0.05, 0) is 62.2 Å². The van der Waals surface area contributed by atoms with Gasteiger partial charge in [-0.2, -0.15) is 0 Å². The van der Waals surface area contributed by atoms with Crippen molar-refractivity contribution in [2.24, 2.45) is 0 Å². The molecule has 0 spiro atoms. The number of aryl methyl sites for hydroxylation is 1. The Bertz CT molecular complexity index is 1750. The van der Waals surface area contributed by atoms with Gasteiger partial charge < -0.3 is 20.5 Å². The molecule has 5 aromatic rings. The minimum absolute atomic E-state index is 0.155. The van der Waals surface area contributed by atoms with Crippen molar-refractivity contribution < 1.29 is 4.79 Å². The summed E-state index contributed by atoms with van der Waals surface area (Å²) in [5.41, 5.74) is 6.83. The van der Waals surface area contributed by atoms with Gasteiger partial charge in [0, 0.05) is 61.5 Å². The highest BCUT2D eigenvalue weighted by atomic mass is 16.1. The van der Waals surface area contributed by atoms with Crippen molar-refractivity contribution in [3.63, 3.8) is 0 Å². The predicted molar refractivity (Wildman–Crippen MR) is 163 cm³/mol. The van der Waals surface area contributed by atoms with Gasteiger partial charge in [0.25, 0.3) is 5.91 Å². The first kappa shape index (κ1) is 25.6. The first-order valence-corrected chi connectivity index (χ1v) is 14.3. The second kappa shape index (κ2) is 10.6. The van der Waals surface area contributed by atoms with Crippen LogP contribution in [0.5, 0.6) is 0 Å². The lowest BCUT2D eigenvalue weighted by molar-refractivity contribution is 0.102. The standard InChI is InChI=1S/C32H34N8O/c1-20-5-3-8-24-18-33-32(38-28(20)24)34-25-16-26-29(37-30(35-26)22-9-10-22)27(17-25)36-31(41)23-7-4-6-21(15-23)19-40-13-11-39(2)12-14-40/h3-8,15-18,22H,9-14,19H2,1-2H3,(H,35,37)(H,36,41)(H,33,34,38). The van der Waals surface area contributed by atoms with Gasteiger partial charge in [0.2, 0.25) is 5.95 Å². The van der Waals surface area contributed by atoms with Crippen LogP contribution in [0.25, 0.3) is 21.9 Å². The molecule has 1 amide bonds. The number of carbonyl (C=O) groups is 1. The highest BCUT2D eigenvalue weighted by molar-refractivity contribution is 6.09. The van der Waals surface area contributed by atoms with Crippen LogP contribution in [0.15, 0.2) is 60.8 Å². The summed E-state index contributed by atoms with van der Waals surface area (Å²) in [6.45, 7) is 7.09. The van der Waals surface area contributed by atoms with Crippen LogP contribution in [-0.2, 0) is 6.54 Å². The summed E-state index contributed by atoms with van der Waals surface area (Å²) in [5.74, 6) is 1.78. The Morgan fingerprint density at radius 2 is 1.83 bits per heavy atom. The second-order valence-electron chi connectivity index (χ2n) is 11.4. The van der Waals surface area contributed by atoms with Crippen LogP contribution in [0.1, 0.15) is 46.1 Å². The molecule has 3 N–H and O–H groups in total. The molecule has 0 unspecified atom stereocenters. The summed E-state index contributed by atoms with van der Waals surface area (Å²) in [6, 6.07) is 17.9. The Morgan fingerprint density at radius 1 is 1.00 bits per heavy atom. The number of imidazole rings is 1. The highest BCUT2D eigenvalue weighted by Crippen LogP contribution is 2.40. The molecule has 9 heteroatoms. The van der Waals surface area contributed by atoms with E-state index in [1.54, 1.807) is 0 Å². The van der Waals surface area contributed by atoms with Gasteiger partial charge in [-0.1, -0.05) is 30.3 Å². The van der Waals surface area contributed by atoms with E-state index in [9.17, 15) is 4.79 Å². The summed E-state index contributed by atoms with van der Waals surface area (Å²) < 4.78 is 0. The van der Waals surface area contributed by atoms with E-state index in [-0.39, 0.29) is 5.91 Å². The SMILES string of the molecule is Cc1cccc2cnc(Nc3cc(NC(=O)c4cccc(CN5CCN(C)CC5)c4)c4nc(C5CC5)[nH]c4c3)nc12. The van der Waals surface area contributed by atoms with Crippen molar-refractivity contribution in [1.82, 2.24) is 29.7 Å². The molecular formula is C32H34N8O. The average Bonchev–Trinajstić information content (AvgIpc) is 3.74. The Hall–Kier alpha value is -4.34. The molecule has 0 radical (unpaired) electrons. The van der Waals surface area contributed by atoms with Crippen LogP contribution in [0, 0.1) is 6.92 Å². The zero-order valence-electron chi connectivity index (χ0n) is 23.4. The fourth-order valence-electron chi connectivity index (χ4n) is 5.52. The smallest absolute Gasteiger partial charge is 0.255 e. The summed E-state index contributed by atoms with van der Waals surface area (Å²) in [7, 11) is 2.16. The lowest BCUT2D eigenvalue weighted by atomic mass is 10.1. The third-order valence-electron chi connectivity index (χ3n) is 8.08. The topological polar surface area (TPSA) is 102 Å². The number of anilines is 3. The Balaban J connectivity index is 1.17. The fraction of sp³-hybridized carbons (Fsp3) is 0.312. The number of likely N-dealkylation sites (N-methyl/N-ethyl adjacent to an activating group) is 1. The number of nitrogens with zero attached hydrogens (tertiary/aromatic N) is 5. The summed E-state index contributed by atoms with van der Waals surface area (Å²) in [4.78, 5) is 36.0. The molecule has 0 bridgehead atoms. The van der Waals surface area contributed by atoms with E-state index in [1.807, 2.05) is 61.7 Å². The fourth-order valence-corrected chi connectivity index (χ4v) is 5.52. The first-order chi connectivity index (χ1) is 20.0. The quantitative estimate of drug-likeness (QED) is 0.250. The summed E-state index contributed by atoms with van der Waals surface area (Å²) in [5, 5.41) is 7.50. The molecule has 3 heterocycles. The lowest BCUT2D eigenvalue weighted by Crippen LogP contribution is -2.43. The Morgan fingerprint density at radius 3 is 2.66 bits per heavy atom. The maximum Gasteiger partial charge on any atom is 0.255 e. The number of amides is 1. The minimum atomic E-state index is -0.155. The third-order valence-corrected chi connectivity index (χ3v) is 8.08. The van der Waals surface area contributed by atoms with E-state index in [0.717, 1.165) is 90.1 Å². The molecule has 2 fully saturated rings. The molecule has 1 aliphatic carbocycles. The van der Waals surface area contributed by atoms with Crippen molar-refractivity contribution in [3.8, 4) is 0 Å². The molecule has 3 aromatic carbocycles. The van der Waals surface area contributed by atoms with E-state index >= 15 is 0 Å². The molecule has 9 nitrogen and oxygen atoms in total. The second-order valence-corrected chi connectivity index (χ2v) is 11.4. The van der Waals surface area contributed by atoms with Crippen molar-refractivity contribution in [1.29, 1.82) is 0 Å². The van der Waals surface area contributed by atoms with Crippen LogP contribution < -0.4 is 10.6 Å². The average molecular weight is 547 g/mol. The van der Waals surface area contributed by atoms with Crippen LogP contribution in [-0.4, -0.2) is 68.9 Å². The molecular weight excluding hydrogens is 512 g/mol. The minimum Gasteiger partial charge on any atom is -0.342 e. The van der Waals surface area contributed by atoms with E-state index < -0.39 is 0 Å². The zero-order valence-corrected chi connectivity index (χ0v) is 23.4. The van der Waals surface area contributed by atoms with E-state index in [1.165, 1.54) is 0 Å². The third kappa shape index (κ3) is 5.51. The Kier molecular flexibility index (Phi) is 6.60. The van der Waals surface area contributed by atoms with E-state index in [4.69, 9.17) is 9.97 Å². The summed E-state index contributed by atoms with van der Waals surface area (Å²) in [6.07, 6.45) is 4.10. The van der Waals surface area contributed by atoms with Crippen molar-refractivity contribution in [2.75, 3.05) is 43.9 Å². The number of rotatable bonds is 7. The van der Waals surface area contributed by atoms with E-state index in [2.05, 4.69) is 43.5 Å². The number of para-hydroxylation sites is 1. The zero-order chi connectivity index (χ0) is 27.9. The molecule has 1 aliphatic heterocycles. The number of hydrogen-bond acceptors (Lipinski definition) is 7. The maximum atomic E-state index is 13.5. The number of aromatic nitrogens is 4. The number of H-pyrrole nitrogens is 1. The molecule has 1 saturated heterocycles. The number of fused-ring (bicyclic) bond motifs is 2. The van der Waals surface area contributed by atoms with Gasteiger partial charge in [0.05, 0.1) is 16.7 Å². The number of hydrogen-bond donors (Lipinski definition) is 3. The van der Waals surface area contributed by atoms with Crippen LogP contribution in [0.2, 0.25) is 0 Å². The van der Waals surface area contributed by atoms with Crippen molar-refractivity contribution in [2.45, 2.75) is 32.2 Å². The number of aromatic amines is 1. The molecule has 7 rings (SSSR count). The van der Waals surface area contributed by atoms with Gasteiger partial charge >= 0.3 is 0 Å². The monoisotopic (exact) mass is 546 g/mol. The molecule has 2 aliphatic rings. The number of benzene rings is 3. The molecule has 208 valence electrons. The number of carbonyl (C=O) groups excluding carboxylic acids is 1. The van der Waals surface area contributed by atoms with Gasteiger partial charge in [0.15, 0.2) is 0 Å². The predicted octanol–water partition coefficient (Wildman–Crippen LogP) is 5.44. The van der Waals surface area contributed by atoms with Crippen LogP contribution >= 0.6 is 0 Å². The van der Waals surface area contributed by atoms with Gasteiger partial charge in [-0.3, -0.25) is 9.69 Å². The molecule has 41 heavy (non-hydrogen) atoms. The number of nitrogens with one attached hydrogen (secondary N) is 3. The molecule has 0 atom stereocenters. The molecule has 1 saturated carbocycles. The largest absolute Gasteiger partial charge is 0.342 e. The van der Waals surface area contributed by atoms with Gasteiger partial charge in [-0.15, -0.1) is 0 Å². The van der Waals surface area contributed by atoms with Crippen molar-refractivity contribution in [3.05, 3.63) is 83.3 Å².